The molecule has 0 bridgehead atoms. The molecule has 3 heteroatoms. The smallest absolute Gasteiger partial charge is 0.0583 e. The van der Waals surface area contributed by atoms with Crippen molar-refractivity contribution in [1.29, 1.82) is 0 Å². The van der Waals surface area contributed by atoms with Crippen LogP contribution in [0.25, 0.3) is 0 Å². The van der Waals surface area contributed by atoms with Gasteiger partial charge in [0.2, 0.25) is 0 Å². The van der Waals surface area contributed by atoms with Gasteiger partial charge in [0.15, 0.2) is 0 Å². The maximum atomic E-state index is 8.76. The molecule has 0 saturated heterocycles. The minimum absolute atomic E-state index is 0.0452. The Morgan fingerprint density at radius 2 is 1.69 bits per heavy atom. The predicted molar refractivity (Wildman–Crippen MR) is 56.7 cm³/mol. The summed E-state index contributed by atoms with van der Waals surface area (Å²) in [4.78, 5) is 2.41. The van der Waals surface area contributed by atoms with Crippen LogP contribution in [0.2, 0.25) is 0 Å². The fraction of sp³-hybridized carbons (Fsp3) is 1.00. The highest BCUT2D eigenvalue weighted by Crippen LogP contribution is 1.97. The lowest BCUT2D eigenvalue weighted by Gasteiger charge is -2.22. The van der Waals surface area contributed by atoms with E-state index in [0.29, 0.717) is 0 Å². The van der Waals surface area contributed by atoms with Gasteiger partial charge in [-0.3, -0.25) is 0 Å². The third-order valence-electron chi connectivity index (χ3n) is 2.13. The van der Waals surface area contributed by atoms with Gasteiger partial charge >= 0.3 is 0 Å². The van der Waals surface area contributed by atoms with Crippen molar-refractivity contribution < 1.29 is 5.11 Å². The number of aliphatic hydroxyl groups excluding tert-OH is 1. The third kappa shape index (κ3) is 6.99. The fourth-order valence-corrected chi connectivity index (χ4v) is 1.41. The molecule has 0 fully saturated rings. The second kappa shape index (κ2) is 8.48. The van der Waals surface area contributed by atoms with Crippen molar-refractivity contribution in [2.24, 2.45) is 5.73 Å². The van der Waals surface area contributed by atoms with Gasteiger partial charge in [-0.2, -0.15) is 0 Å². The first-order chi connectivity index (χ1) is 6.24. The second-order valence-electron chi connectivity index (χ2n) is 3.57. The highest BCUT2D eigenvalue weighted by molar-refractivity contribution is 4.63. The number of hydrogen-bond donors (Lipinski definition) is 2. The van der Waals surface area contributed by atoms with E-state index < -0.39 is 0 Å². The average Bonchev–Trinajstić information content (AvgIpc) is 2.14. The minimum Gasteiger partial charge on any atom is -0.395 e. The van der Waals surface area contributed by atoms with Crippen LogP contribution in [0.4, 0.5) is 0 Å². The largest absolute Gasteiger partial charge is 0.395 e. The van der Waals surface area contributed by atoms with E-state index in [4.69, 9.17) is 10.8 Å². The number of nitrogens with zero attached hydrogens (tertiary/aromatic N) is 1. The minimum atomic E-state index is -0.0452. The summed E-state index contributed by atoms with van der Waals surface area (Å²) in [6.45, 7) is 7.79. The summed E-state index contributed by atoms with van der Waals surface area (Å²) in [6, 6.07) is -0.0452. The van der Waals surface area contributed by atoms with Crippen LogP contribution in [0.5, 0.6) is 0 Å². The van der Waals surface area contributed by atoms with E-state index in [9.17, 15) is 0 Å². The molecule has 0 heterocycles. The van der Waals surface area contributed by atoms with Crippen LogP contribution in [0.15, 0.2) is 0 Å². The van der Waals surface area contributed by atoms with E-state index in [0.717, 1.165) is 26.1 Å². The fourth-order valence-electron chi connectivity index (χ4n) is 1.41. The maximum absolute atomic E-state index is 8.76. The van der Waals surface area contributed by atoms with E-state index in [1.165, 1.54) is 12.8 Å². The molecule has 1 unspecified atom stereocenters. The Kier molecular flexibility index (Phi) is 8.40. The molecular weight excluding hydrogens is 164 g/mol. The summed E-state index contributed by atoms with van der Waals surface area (Å²) in [7, 11) is 0. The lowest BCUT2D eigenvalue weighted by molar-refractivity contribution is 0.224. The molecule has 0 rings (SSSR count). The first kappa shape index (κ1) is 12.9. The topological polar surface area (TPSA) is 49.5 Å². The Morgan fingerprint density at radius 1 is 1.15 bits per heavy atom. The number of hydrogen-bond acceptors (Lipinski definition) is 3. The van der Waals surface area contributed by atoms with Crippen molar-refractivity contribution >= 4 is 0 Å². The second-order valence-corrected chi connectivity index (χ2v) is 3.57. The van der Waals surface area contributed by atoms with Crippen LogP contribution in [0, 0.1) is 0 Å². The molecule has 0 amide bonds. The van der Waals surface area contributed by atoms with Gasteiger partial charge < -0.3 is 15.7 Å². The Bertz CT molecular complexity index is 103. The Labute approximate surface area is 81.9 Å². The molecular formula is C10H24N2O. The standard InChI is InChI=1S/C10H24N2O/c1-3-6-12(7-4-2)8-5-10(11)9-13/h10,13H,3-9,11H2,1-2H3. The van der Waals surface area contributed by atoms with Gasteiger partial charge in [-0.05, 0) is 38.9 Å². The summed E-state index contributed by atoms with van der Waals surface area (Å²) in [5.74, 6) is 0. The third-order valence-corrected chi connectivity index (χ3v) is 2.13. The van der Waals surface area contributed by atoms with E-state index in [1.54, 1.807) is 0 Å². The Balaban J connectivity index is 3.55. The molecule has 0 aromatic carbocycles. The van der Waals surface area contributed by atoms with E-state index in [2.05, 4.69) is 18.7 Å². The number of aliphatic hydroxyl groups is 1. The van der Waals surface area contributed by atoms with Crippen LogP contribution in [-0.2, 0) is 0 Å². The summed E-state index contributed by atoms with van der Waals surface area (Å²) in [5, 5.41) is 8.76. The molecule has 3 N–H and O–H groups in total. The quantitative estimate of drug-likeness (QED) is 0.593. The van der Waals surface area contributed by atoms with Crippen LogP contribution in [0.1, 0.15) is 33.1 Å². The van der Waals surface area contributed by atoms with Crippen LogP contribution in [0.3, 0.4) is 0 Å². The van der Waals surface area contributed by atoms with Crippen molar-refractivity contribution in [3.8, 4) is 0 Å². The lowest BCUT2D eigenvalue weighted by Crippen LogP contribution is -2.33. The first-order valence-electron chi connectivity index (χ1n) is 5.33. The van der Waals surface area contributed by atoms with Gasteiger partial charge in [0, 0.05) is 6.04 Å². The van der Waals surface area contributed by atoms with Crippen molar-refractivity contribution in [2.45, 2.75) is 39.2 Å². The highest BCUT2D eigenvalue weighted by atomic mass is 16.3. The van der Waals surface area contributed by atoms with Crippen LogP contribution >= 0.6 is 0 Å². The van der Waals surface area contributed by atoms with Gasteiger partial charge in [0.25, 0.3) is 0 Å². The highest BCUT2D eigenvalue weighted by Gasteiger charge is 2.05. The van der Waals surface area contributed by atoms with Crippen molar-refractivity contribution in [1.82, 2.24) is 4.90 Å². The van der Waals surface area contributed by atoms with Crippen molar-refractivity contribution in [2.75, 3.05) is 26.2 Å². The maximum Gasteiger partial charge on any atom is 0.0583 e. The molecule has 0 aromatic heterocycles. The summed E-state index contributed by atoms with van der Waals surface area (Å²) in [5.41, 5.74) is 5.64. The predicted octanol–water partition coefficient (Wildman–Crippen LogP) is 0.818. The molecule has 3 nitrogen and oxygen atoms in total. The van der Waals surface area contributed by atoms with Crippen LogP contribution < -0.4 is 5.73 Å². The van der Waals surface area contributed by atoms with Gasteiger partial charge in [0.05, 0.1) is 6.61 Å². The molecule has 1 atom stereocenters. The summed E-state index contributed by atoms with van der Waals surface area (Å²) >= 11 is 0. The Hall–Kier alpha value is -0.120. The monoisotopic (exact) mass is 188 g/mol. The average molecular weight is 188 g/mol. The summed E-state index contributed by atoms with van der Waals surface area (Å²) in [6.07, 6.45) is 3.28. The zero-order valence-electron chi connectivity index (χ0n) is 9.00. The lowest BCUT2D eigenvalue weighted by atomic mass is 10.2. The molecule has 0 aliphatic heterocycles. The van der Waals surface area contributed by atoms with E-state index in [1.807, 2.05) is 0 Å². The number of nitrogens with two attached hydrogens (primary N) is 1. The SMILES string of the molecule is CCCN(CCC)CCC(N)CO. The van der Waals surface area contributed by atoms with Crippen molar-refractivity contribution in [3.63, 3.8) is 0 Å². The molecule has 0 saturated carbocycles. The van der Waals surface area contributed by atoms with Gasteiger partial charge in [-0.15, -0.1) is 0 Å². The normalized spacial score (nSPS) is 13.6. The molecule has 80 valence electrons. The summed E-state index contributed by atoms with van der Waals surface area (Å²) < 4.78 is 0. The molecule has 0 aliphatic carbocycles. The molecule has 0 spiro atoms. The molecule has 13 heavy (non-hydrogen) atoms. The number of rotatable bonds is 8. The van der Waals surface area contributed by atoms with E-state index >= 15 is 0 Å². The zero-order chi connectivity index (χ0) is 10.1. The Morgan fingerprint density at radius 3 is 2.08 bits per heavy atom. The van der Waals surface area contributed by atoms with Crippen molar-refractivity contribution in [3.05, 3.63) is 0 Å². The first-order valence-corrected chi connectivity index (χ1v) is 5.33. The van der Waals surface area contributed by atoms with E-state index in [-0.39, 0.29) is 12.6 Å². The molecule has 0 radical (unpaired) electrons. The molecule has 0 aromatic rings. The van der Waals surface area contributed by atoms with Gasteiger partial charge in [-0.25, -0.2) is 0 Å². The van der Waals surface area contributed by atoms with Crippen LogP contribution in [-0.4, -0.2) is 42.3 Å². The van der Waals surface area contributed by atoms with Gasteiger partial charge in [0.1, 0.15) is 0 Å². The molecule has 0 aliphatic rings. The van der Waals surface area contributed by atoms with Gasteiger partial charge in [-0.1, -0.05) is 13.8 Å². The zero-order valence-corrected chi connectivity index (χ0v) is 9.00.